The molecule has 0 spiro atoms. The van der Waals surface area contributed by atoms with Crippen molar-refractivity contribution in [2.45, 2.75) is 4.90 Å². The van der Waals surface area contributed by atoms with Crippen LogP contribution in [0.25, 0.3) is 0 Å². The SMILES string of the molecule is O=C(Cl)CSc1cc(Oc2ccc(Cl)cc2Cl)ccc1[N+](=O)[O-]. The van der Waals surface area contributed by atoms with E-state index >= 15 is 0 Å². The van der Waals surface area contributed by atoms with Crippen LogP contribution in [-0.2, 0) is 4.79 Å². The predicted octanol–water partition coefficient (Wildman–Crippen LogP) is 5.55. The lowest BCUT2D eigenvalue weighted by Gasteiger charge is -2.09. The second-order valence-electron chi connectivity index (χ2n) is 4.21. The number of hydrogen-bond donors (Lipinski definition) is 0. The summed E-state index contributed by atoms with van der Waals surface area (Å²) in [4.78, 5) is 21.6. The Kier molecular flexibility index (Phi) is 6.12. The summed E-state index contributed by atoms with van der Waals surface area (Å²) in [5.41, 5.74) is -0.137. The van der Waals surface area contributed by atoms with E-state index in [4.69, 9.17) is 39.5 Å². The van der Waals surface area contributed by atoms with Gasteiger partial charge in [0.05, 0.1) is 20.6 Å². The van der Waals surface area contributed by atoms with Gasteiger partial charge < -0.3 is 4.74 Å². The molecule has 23 heavy (non-hydrogen) atoms. The monoisotopic (exact) mass is 391 g/mol. The maximum atomic E-state index is 11.0. The Morgan fingerprint density at radius 3 is 2.57 bits per heavy atom. The molecule has 0 saturated carbocycles. The Morgan fingerprint density at radius 1 is 1.22 bits per heavy atom. The minimum atomic E-state index is -0.601. The van der Waals surface area contributed by atoms with Gasteiger partial charge in [-0.25, -0.2) is 0 Å². The third kappa shape index (κ3) is 5.00. The molecule has 9 heteroatoms. The number of ether oxygens (including phenoxy) is 1. The number of nitro groups is 1. The first-order chi connectivity index (χ1) is 10.9. The number of thioether (sulfide) groups is 1. The van der Waals surface area contributed by atoms with Gasteiger partial charge in [0.2, 0.25) is 5.24 Å². The third-order valence-corrected chi connectivity index (χ3v) is 4.46. The second-order valence-corrected chi connectivity index (χ2v) is 6.49. The van der Waals surface area contributed by atoms with Crippen LogP contribution in [0.1, 0.15) is 0 Å². The van der Waals surface area contributed by atoms with Gasteiger partial charge in [0.1, 0.15) is 11.5 Å². The molecule has 0 radical (unpaired) electrons. The van der Waals surface area contributed by atoms with Crippen molar-refractivity contribution in [1.29, 1.82) is 0 Å². The van der Waals surface area contributed by atoms with Gasteiger partial charge in [0.25, 0.3) is 5.69 Å². The lowest BCUT2D eigenvalue weighted by molar-refractivity contribution is -0.387. The van der Waals surface area contributed by atoms with Crippen LogP contribution in [0.15, 0.2) is 41.3 Å². The molecule has 0 heterocycles. The standard InChI is InChI=1S/C14H8Cl3NO4S/c15-8-1-4-12(10(16)5-8)22-9-2-3-11(18(20)21)13(6-9)23-7-14(17)19/h1-6H,7H2. The summed E-state index contributed by atoms with van der Waals surface area (Å²) < 4.78 is 5.60. The zero-order chi connectivity index (χ0) is 17.0. The number of rotatable bonds is 6. The van der Waals surface area contributed by atoms with Crippen molar-refractivity contribution < 1.29 is 14.5 Å². The first-order valence-electron chi connectivity index (χ1n) is 6.09. The highest BCUT2D eigenvalue weighted by molar-refractivity contribution is 8.00. The van der Waals surface area contributed by atoms with Crippen molar-refractivity contribution in [1.82, 2.24) is 0 Å². The maximum Gasteiger partial charge on any atom is 0.283 e. The highest BCUT2D eigenvalue weighted by Crippen LogP contribution is 2.36. The molecule has 0 amide bonds. The smallest absolute Gasteiger partial charge is 0.283 e. The fraction of sp³-hybridized carbons (Fsp3) is 0.0714. The Hall–Kier alpha value is -1.47. The minimum absolute atomic E-state index is 0.0897. The molecule has 5 nitrogen and oxygen atoms in total. The average Bonchev–Trinajstić information content (AvgIpc) is 2.48. The van der Waals surface area contributed by atoms with Crippen molar-refractivity contribution in [3.8, 4) is 11.5 Å². The number of nitrogens with zero attached hydrogens (tertiary/aromatic N) is 1. The second kappa shape index (κ2) is 7.88. The molecule has 0 fully saturated rings. The van der Waals surface area contributed by atoms with E-state index in [1.807, 2.05) is 0 Å². The van der Waals surface area contributed by atoms with Crippen LogP contribution in [-0.4, -0.2) is 15.9 Å². The van der Waals surface area contributed by atoms with Gasteiger partial charge in [-0.3, -0.25) is 14.9 Å². The molecule has 2 aromatic rings. The molecule has 0 atom stereocenters. The van der Waals surface area contributed by atoms with E-state index < -0.39 is 10.2 Å². The predicted molar refractivity (Wildman–Crippen MR) is 91.2 cm³/mol. The van der Waals surface area contributed by atoms with Crippen LogP contribution < -0.4 is 4.74 Å². The number of carbonyl (C=O) groups is 1. The highest BCUT2D eigenvalue weighted by Gasteiger charge is 2.17. The molecule has 2 rings (SSSR count). The van der Waals surface area contributed by atoms with Crippen LogP contribution in [0.2, 0.25) is 10.0 Å². The van der Waals surface area contributed by atoms with Crippen molar-refractivity contribution >= 4 is 57.5 Å². The topological polar surface area (TPSA) is 69.4 Å². The van der Waals surface area contributed by atoms with Crippen LogP contribution >= 0.6 is 46.6 Å². The third-order valence-electron chi connectivity index (χ3n) is 2.59. The summed E-state index contributed by atoms with van der Waals surface area (Å²) in [7, 11) is 0. The van der Waals surface area contributed by atoms with Crippen LogP contribution in [0.4, 0.5) is 5.69 Å². The Balaban J connectivity index is 2.30. The minimum Gasteiger partial charge on any atom is -0.456 e. The fourth-order valence-electron chi connectivity index (χ4n) is 1.64. The van der Waals surface area contributed by atoms with Gasteiger partial charge in [-0.15, -0.1) is 11.8 Å². The molecule has 0 aliphatic carbocycles. The Labute approximate surface area is 150 Å². The molecule has 0 unspecified atom stereocenters. The van der Waals surface area contributed by atoms with Gasteiger partial charge >= 0.3 is 0 Å². The van der Waals surface area contributed by atoms with E-state index in [1.165, 1.54) is 24.3 Å². The highest BCUT2D eigenvalue weighted by atomic mass is 35.5. The van der Waals surface area contributed by atoms with Gasteiger partial charge in [-0.05, 0) is 35.9 Å². The van der Waals surface area contributed by atoms with Gasteiger partial charge in [-0.1, -0.05) is 23.2 Å². The molecule has 0 aromatic heterocycles. The van der Waals surface area contributed by atoms with Gasteiger partial charge in [0.15, 0.2) is 0 Å². The van der Waals surface area contributed by atoms with Crippen molar-refractivity contribution in [2.75, 3.05) is 5.75 Å². The summed E-state index contributed by atoms with van der Waals surface area (Å²) in [5.74, 6) is 0.603. The van der Waals surface area contributed by atoms with Crippen LogP contribution in [0, 0.1) is 10.1 Å². The Bertz CT molecular complexity index is 770. The molecular weight excluding hydrogens is 385 g/mol. The molecule has 0 bridgehead atoms. The van der Waals surface area contributed by atoms with E-state index in [2.05, 4.69) is 0 Å². The van der Waals surface area contributed by atoms with E-state index in [1.54, 1.807) is 12.1 Å². The van der Waals surface area contributed by atoms with Crippen LogP contribution in [0.5, 0.6) is 11.5 Å². The quantitative estimate of drug-likeness (QED) is 0.279. The van der Waals surface area contributed by atoms with Gasteiger partial charge in [-0.2, -0.15) is 0 Å². The molecule has 120 valence electrons. The summed E-state index contributed by atoms with van der Waals surface area (Å²) in [6.45, 7) is 0. The largest absolute Gasteiger partial charge is 0.456 e. The molecule has 0 aliphatic rings. The van der Waals surface area contributed by atoms with Crippen molar-refractivity contribution in [2.24, 2.45) is 0 Å². The number of halogens is 3. The summed E-state index contributed by atoms with van der Waals surface area (Å²) in [5, 5.41) is 11.2. The molecule has 0 aliphatic heterocycles. The first kappa shape index (κ1) is 17.9. The average molecular weight is 393 g/mol. The normalized spacial score (nSPS) is 10.4. The zero-order valence-corrected chi connectivity index (χ0v) is 14.4. The van der Waals surface area contributed by atoms with Crippen molar-refractivity contribution in [3.63, 3.8) is 0 Å². The number of nitro benzene ring substituents is 1. The number of carbonyl (C=O) groups excluding carboxylic acids is 1. The number of benzene rings is 2. The van der Waals surface area contributed by atoms with Crippen LogP contribution in [0.3, 0.4) is 0 Å². The first-order valence-corrected chi connectivity index (χ1v) is 8.21. The molecule has 2 aromatic carbocycles. The molecule has 0 saturated heterocycles. The van der Waals surface area contributed by atoms with Gasteiger partial charge in [0, 0.05) is 17.2 Å². The summed E-state index contributed by atoms with van der Waals surface area (Å²) in [6.07, 6.45) is 0. The lowest BCUT2D eigenvalue weighted by atomic mass is 10.3. The van der Waals surface area contributed by atoms with E-state index in [0.717, 1.165) is 11.8 Å². The summed E-state index contributed by atoms with van der Waals surface area (Å²) in [6, 6.07) is 8.90. The van der Waals surface area contributed by atoms with Crippen molar-refractivity contribution in [3.05, 3.63) is 56.6 Å². The van der Waals surface area contributed by atoms with E-state index in [9.17, 15) is 14.9 Å². The molecule has 0 N–H and O–H groups in total. The lowest BCUT2D eigenvalue weighted by Crippen LogP contribution is -1.95. The molecular formula is C14H8Cl3NO4S. The van der Waals surface area contributed by atoms with E-state index in [0.29, 0.717) is 21.5 Å². The fourth-order valence-corrected chi connectivity index (χ4v) is 3.01. The zero-order valence-electron chi connectivity index (χ0n) is 11.3. The maximum absolute atomic E-state index is 11.0. The number of hydrogen-bond acceptors (Lipinski definition) is 5. The summed E-state index contributed by atoms with van der Waals surface area (Å²) >= 11 is 18.1. The van der Waals surface area contributed by atoms with E-state index in [-0.39, 0.29) is 16.3 Å². The Morgan fingerprint density at radius 2 is 1.96 bits per heavy atom.